The lowest BCUT2D eigenvalue weighted by Gasteiger charge is -2.20. The summed E-state index contributed by atoms with van der Waals surface area (Å²) in [6.45, 7) is 4.73. The molecule has 0 bridgehead atoms. The third-order valence-corrected chi connectivity index (χ3v) is 8.71. The van der Waals surface area contributed by atoms with Crippen LogP contribution in [0.1, 0.15) is 155 Å². The summed E-state index contributed by atoms with van der Waals surface area (Å²) in [6, 6.07) is 0. The Morgan fingerprint density at radius 1 is 0.646 bits per heavy atom. The molecular weight excluding hydrogens is 625 g/mol. The van der Waals surface area contributed by atoms with Gasteiger partial charge in [0.05, 0.1) is 19.8 Å². The molecule has 0 saturated heterocycles. The molecule has 0 aromatic heterocycles. The van der Waals surface area contributed by atoms with E-state index >= 15 is 0 Å². The van der Waals surface area contributed by atoms with Gasteiger partial charge in [0.1, 0.15) is 6.10 Å². The van der Waals surface area contributed by atoms with Crippen LogP contribution >= 0.6 is 7.82 Å². The van der Waals surface area contributed by atoms with Crippen molar-refractivity contribution in [1.29, 1.82) is 0 Å². The third-order valence-electron chi connectivity index (χ3n) is 7.73. The van der Waals surface area contributed by atoms with E-state index in [0.717, 1.165) is 57.8 Å². The van der Waals surface area contributed by atoms with E-state index in [2.05, 4.69) is 62.5 Å². The van der Waals surface area contributed by atoms with Crippen LogP contribution in [0.25, 0.3) is 0 Å². The van der Waals surface area contributed by atoms with Crippen LogP contribution in [0.3, 0.4) is 0 Å². The number of rotatable bonds is 36. The molecule has 48 heavy (non-hydrogen) atoms. The van der Waals surface area contributed by atoms with Gasteiger partial charge in [0.15, 0.2) is 0 Å². The number of phosphoric ester groups is 1. The molecule has 280 valence electrons. The molecule has 0 saturated carbocycles. The molecule has 0 rings (SSSR count). The number of phosphoric acid groups is 1. The zero-order chi connectivity index (χ0) is 35.2. The van der Waals surface area contributed by atoms with Crippen LogP contribution in [0.2, 0.25) is 0 Å². The van der Waals surface area contributed by atoms with Gasteiger partial charge in [-0.3, -0.25) is 13.8 Å². The van der Waals surface area contributed by atoms with Crippen molar-refractivity contribution in [2.75, 3.05) is 33.0 Å². The highest BCUT2D eigenvalue weighted by Crippen LogP contribution is 2.43. The molecule has 0 aromatic carbocycles. The van der Waals surface area contributed by atoms with Gasteiger partial charge in [-0.1, -0.05) is 127 Å². The highest BCUT2D eigenvalue weighted by Gasteiger charge is 2.25. The normalized spacial score (nSPS) is 14.2. The van der Waals surface area contributed by atoms with Gasteiger partial charge in [-0.25, -0.2) is 4.57 Å². The average molecular weight is 698 g/mol. The van der Waals surface area contributed by atoms with E-state index in [9.17, 15) is 14.3 Å². The van der Waals surface area contributed by atoms with Crippen molar-refractivity contribution >= 4 is 13.8 Å². The summed E-state index contributed by atoms with van der Waals surface area (Å²) in [5, 5.41) is 0. The maximum absolute atomic E-state index is 12.5. The van der Waals surface area contributed by atoms with E-state index in [-0.39, 0.29) is 38.8 Å². The third kappa shape index (κ3) is 35.8. The lowest BCUT2D eigenvalue weighted by molar-refractivity contribution is -0.154. The number of unbranched alkanes of at least 4 members (excludes halogenated alkanes) is 15. The van der Waals surface area contributed by atoms with Gasteiger partial charge in [0.2, 0.25) is 0 Å². The minimum Gasteiger partial charge on any atom is -0.457 e. The van der Waals surface area contributed by atoms with Crippen molar-refractivity contribution < 1.29 is 32.8 Å². The SMILES string of the molecule is CC/C=C\C/C=C\C/C=C\CCCCCC(=O)OC(COCCCCCCCC/C=C\CCCCCCCC)COP(=O)(O)OCCN. The van der Waals surface area contributed by atoms with Gasteiger partial charge >= 0.3 is 13.8 Å². The standard InChI is InChI=1S/C39H72NO7P/c1-3-5-7-9-11-13-15-17-18-19-21-23-25-27-29-31-34-44-36-38(37-46-48(42,43)45-35-33-40)47-39(41)32-30-28-26-24-22-20-16-14-12-10-8-6-4-2/h6,8,12,14,17-18,20,22,38H,3-5,7,9-11,13,15-16,19,21,23-37,40H2,1-2H3,(H,42,43)/b8-6-,14-12-,18-17-,22-20-. The van der Waals surface area contributed by atoms with Gasteiger partial charge in [-0.05, 0) is 70.6 Å². The Kier molecular flexibility index (Phi) is 35.6. The summed E-state index contributed by atoms with van der Waals surface area (Å²) in [4.78, 5) is 22.4. The smallest absolute Gasteiger partial charge is 0.457 e. The monoisotopic (exact) mass is 698 g/mol. The van der Waals surface area contributed by atoms with E-state index in [1.807, 2.05) is 0 Å². The predicted molar refractivity (Wildman–Crippen MR) is 201 cm³/mol. The zero-order valence-corrected chi connectivity index (χ0v) is 31.6. The Balaban J connectivity index is 4.14. The molecule has 0 aliphatic rings. The van der Waals surface area contributed by atoms with Crippen LogP contribution in [-0.4, -0.2) is 49.9 Å². The topological polar surface area (TPSA) is 117 Å². The largest absolute Gasteiger partial charge is 0.472 e. The predicted octanol–water partition coefficient (Wildman–Crippen LogP) is 10.9. The Morgan fingerprint density at radius 2 is 1.17 bits per heavy atom. The second kappa shape index (κ2) is 36.7. The minimum atomic E-state index is -4.28. The summed E-state index contributed by atoms with van der Waals surface area (Å²) in [5.74, 6) is -0.363. The molecule has 3 N–H and O–H groups in total. The van der Waals surface area contributed by atoms with E-state index in [0.29, 0.717) is 6.61 Å². The first-order chi connectivity index (χ1) is 23.4. The van der Waals surface area contributed by atoms with Crippen LogP contribution in [0.4, 0.5) is 0 Å². The Morgan fingerprint density at radius 3 is 1.77 bits per heavy atom. The summed E-state index contributed by atoms with van der Waals surface area (Å²) in [5.41, 5.74) is 5.35. The number of ether oxygens (including phenoxy) is 2. The molecule has 0 aliphatic heterocycles. The number of carbonyl (C=O) groups is 1. The van der Waals surface area contributed by atoms with Crippen molar-refractivity contribution in [3.63, 3.8) is 0 Å². The van der Waals surface area contributed by atoms with Crippen LogP contribution in [0.5, 0.6) is 0 Å². The number of allylic oxidation sites excluding steroid dienone is 8. The van der Waals surface area contributed by atoms with Crippen LogP contribution in [0, 0.1) is 0 Å². The Hall–Kier alpha value is -1.54. The maximum Gasteiger partial charge on any atom is 0.472 e. The second-order valence-corrected chi connectivity index (χ2v) is 13.9. The highest BCUT2D eigenvalue weighted by molar-refractivity contribution is 7.47. The van der Waals surface area contributed by atoms with E-state index in [1.54, 1.807) is 0 Å². The molecule has 0 aromatic rings. The van der Waals surface area contributed by atoms with Crippen molar-refractivity contribution in [2.45, 2.75) is 161 Å². The van der Waals surface area contributed by atoms with E-state index in [1.165, 1.54) is 77.0 Å². The number of hydrogen-bond acceptors (Lipinski definition) is 7. The molecule has 0 radical (unpaired) electrons. The van der Waals surface area contributed by atoms with Crippen molar-refractivity contribution in [3.05, 3.63) is 48.6 Å². The quantitative estimate of drug-likeness (QED) is 0.0287. The molecular formula is C39H72NO7P. The number of nitrogens with two attached hydrogens (primary N) is 1. The number of carbonyl (C=O) groups excluding carboxylic acids is 1. The fraction of sp³-hybridized carbons (Fsp3) is 0.769. The van der Waals surface area contributed by atoms with E-state index in [4.69, 9.17) is 24.3 Å². The van der Waals surface area contributed by atoms with Gasteiger partial charge in [-0.15, -0.1) is 0 Å². The lowest BCUT2D eigenvalue weighted by atomic mass is 10.1. The first kappa shape index (κ1) is 46.5. The van der Waals surface area contributed by atoms with Crippen LogP contribution in [-0.2, 0) is 27.9 Å². The minimum absolute atomic E-state index is 0.0928. The number of esters is 1. The number of hydrogen-bond donors (Lipinski definition) is 2. The summed E-state index contributed by atoms with van der Waals surface area (Å²) < 4.78 is 33.3. The maximum atomic E-state index is 12.5. The van der Waals surface area contributed by atoms with Crippen LogP contribution < -0.4 is 5.73 Å². The van der Waals surface area contributed by atoms with Crippen LogP contribution in [0.15, 0.2) is 48.6 Å². The molecule has 0 amide bonds. The summed E-state index contributed by atoms with van der Waals surface area (Å²) >= 11 is 0. The van der Waals surface area contributed by atoms with Gasteiger partial charge in [-0.2, -0.15) is 0 Å². The zero-order valence-electron chi connectivity index (χ0n) is 30.7. The molecule has 0 fully saturated rings. The Labute approximate surface area is 294 Å². The van der Waals surface area contributed by atoms with E-state index < -0.39 is 13.9 Å². The van der Waals surface area contributed by atoms with Gasteiger partial charge < -0.3 is 20.1 Å². The van der Waals surface area contributed by atoms with Gasteiger partial charge in [0, 0.05) is 19.6 Å². The summed E-state index contributed by atoms with van der Waals surface area (Å²) in [6.07, 6.45) is 41.3. The first-order valence-electron chi connectivity index (χ1n) is 19.1. The first-order valence-corrected chi connectivity index (χ1v) is 20.6. The fourth-order valence-corrected chi connectivity index (χ4v) is 5.71. The van der Waals surface area contributed by atoms with Crippen molar-refractivity contribution in [1.82, 2.24) is 0 Å². The highest BCUT2D eigenvalue weighted by atomic mass is 31.2. The Bertz CT molecular complexity index is 874. The molecule has 0 spiro atoms. The molecule has 2 unspecified atom stereocenters. The summed E-state index contributed by atoms with van der Waals surface area (Å²) in [7, 11) is -4.28. The lowest BCUT2D eigenvalue weighted by Crippen LogP contribution is -2.28. The molecule has 8 nitrogen and oxygen atoms in total. The van der Waals surface area contributed by atoms with Crippen molar-refractivity contribution in [2.24, 2.45) is 5.73 Å². The van der Waals surface area contributed by atoms with Crippen molar-refractivity contribution in [3.8, 4) is 0 Å². The molecule has 2 atom stereocenters. The molecule has 9 heteroatoms. The fourth-order valence-electron chi connectivity index (χ4n) is 4.94. The average Bonchev–Trinajstić information content (AvgIpc) is 3.07. The van der Waals surface area contributed by atoms with Gasteiger partial charge in [0.25, 0.3) is 0 Å². The second-order valence-electron chi connectivity index (χ2n) is 12.4. The molecule has 0 aliphatic carbocycles. The molecule has 0 heterocycles.